The van der Waals surface area contributed by atoms with Gasteiger partial charge in [-0.1, -0.05) is 26.8 Å². The molecule has 0 atom stereocenters. The molecule has 0 saturated carbocycles. The number of thiophene rings is 1. The number of fused-ring (bicyclic) bond motifs is 1. The van der Waals surface area contributed by atoms with Crippen LogP contribution in [0.3, 0.4) is 0 Å². The van der Waals surface area contributed by atoms with E-state index in [0.29, 0.717) is 5.92 Å². The molecule has 0 radical (unpaired) electrons. The molecular formula is C17H25FN2S. The minimum Gasteiger partial charge on any atom is -0.312 e. The van der Waals surface area contributed by atoms with Crippen LogP contribution < -0.4 is 5.32 Å². The van der Waals surface area contributed by atoms with E-state index in [9.17, 15) is 4.39 Å². The second kappa shape index (κ2) is 7.34. The quantitative estimate of drug-likeness (QED) is 0.823. The Balaban J connectivity index is 2.37. The number of nitrogens with zero attached hydrogens (tertiary/aromatic N) is 1. The molecule has 2 nitrogen and oxygen atoms in total. The van der Waals surface area contributed by atoms with Crippen molar-refractivity contribution in [3.05, 3.63) is 34.5 Å². The van der Waals surface area contributed by atoms with Crippen LogP contribution in [0, 0.1) is 11.7 Å². The lowest BCUT2D eigenvalue weighted by Crippen LogP contribution is -2.23. The Hall–Kier alpha value is -0.970. The normalized spacial score (nSPS) is 12.0. The van der Waals surface area contributed by atoms with Crippen LogP contribution in [0.15, 0.2) is 18.2 Å². The highest BCUT2D eigenvalue weighted by molar-refractivity contribution is 7.19. The van der Waals surface area contributed by atoms with Gasteiger partial charge in [-0.15, -0.1) is 11.3 Å². The SMILES string of the molecule is CCNCc1sc2cccc(F)c2c1CN(C)CC(C)C. The smallest absolute Gasteiger partial charge is 0.132 e. The van der Waals surface area contributed by atoms with Crippen molar-refractivity contribution in [2.75, 3.05) is 20.1 Å². The maximum Gasteiger partial charge on any atom is 0.132 e. The molecule has 116 valence electrons. The van der Waals surface area contributed by atoms with Gasteiger partial charge in [0.15, 0.2) is 0 Å². The summed E-state index contributed by atoms with van der Waals surface area (Å²) in [6.07, 6.45) is 0. The Morgan fingerprint density at radius 2 is 2.10 bits per heavy atom. The third-order valence-electron chi connectivity index (χ3n) is 3.49. The van der Waals surface area contributed by atoms with Gasteiger partial charge in [0.2, 0.25) is 0 Å². The van der Waals surface area contributed by atoms with Crippen molar-refractivity contribution in [1.29, 1.82) is 0 Å². The molecule has 2 aromatic rings. The number of rotatable bonds is 7. The Labute approximate surface area is 131 Å². The Morgan fingerprint density at radius 1 is 1.33 bits per heavy atom. The maximum atomic E-state index is 14.3. The zero-order valence-corrected chi connectivity index (χ0v) is 14.2. The van der Waals surface area contributed by atoms with Crippen LogP contribution in [-0.2, 0) is 13.1 Å². The van der Waals surface area contributed by atoms with E-state index in [2.05, 4.69) is 38.0 Å². The van der Waals surface area contributed by atoms with Crippen LogP contribution in [0.4, 0.5) is 4.39 Å². The standard InChI is InChI=1S/C17H25FN2S/c1-5-19-9-16-13(11-20(4)10-12(2)3)17-14(18)7-6-8-15(17)21-16/h6-8,12,19H,5,9-11H2,1-4H3. The van der Waals surface area contributed by atoms with Crippen LogP contribution >= 0.6 is 11.3 Å². The van der Waals surface area contributed by atoms with E-state index in [1.54, 1.807) is 23.5 Å². The summed E-state index contributed by atoms with van der Waals surface area (Å²) in [4.78, 5) is 3.54. The molecule has 1 aromatic carbocycles. The molecule has 2 rings (SSSR count). The third kappa shape index (κ3) is 4.02. The van der Waals surface area contributed by atoms with Crippen molar-refractivity contribution in [3.63, 3.8) is 0 Å². The topological polar surface area (TPSA) is 15.3 Å². The van der Waals surface area contributed by atoms with E-state index < -0.39 is 0 Å². The van der Waals surface area contributed by atoms with Crippen LogP contribution in [0.5, 0.6) is 0 Å². The van der Waals surface area contributed by atoms with E-state index in [-0.39, 0.29) is 5.82 Å². The summed E-state index contributed by atoms with van der Waals surface area (Å²) in [5.74, 6) is 0.515. The summed E-state index contributed by atoms with van der Waals surface area (Å²) in [6.45, 7) is 10.1. The molecular weight excluding hydrogens is 283 g/mol. The van der Waals surface area contributed by atoms with Crippen LogP contribution in [0.2, 0.25) is 0 Å². The van der Waals surface area contributed by atoms with Crippen molar-refractivity contribution < 1.29 is 4.39 Å². The molecule has 0 saturated heterocycles. The van der Waals surface area contributed by atoms with Crippen molar-refractivity contribution in [2.24, 2.45) is 5.92 Å². The fourth-order valence-corrected chi connectivity index (χ4v) is 3.92. The zero-order chi connectivity index (χ0) is 15.4. The summed E-state index contributed by atoms with van der Waals surface area (Å²) in [5.41, 5.74) is 1.15. The van der Waals surface area contributed by atoms with Crippen molar-refractivity contribution in [3.8, 4) is 0 Å². The number of halogens is 1. The summed E-state index contributed by atoms with van der Waals surface area (Å²) < 4.78 is 15.3. The highest BCUT2D eigenvalue weighted by atomic mass is 32.1. The monoisotopic (exact) mass is 308 g/mol. The first-order valence-corrected chi connectivity index (χ1v) is 8.42. The van der Waals surface area contributed by atoms with E-state index in [0.717, 1.165) is 41.8 Å². The predicted molar refractivity (Wildman–Crippen MR) is 90.3 cm³/mol. The largest absolute Gasteiger partial charge is 0.312 e. The lowest BCUT2D eigenvalue weighted by Gasteiger charge is -2.19. The lowest BCUT2D eigenvalue weighted by molar-refractivity contribution is 0.288. The van der Waals surface area contributed by atoms with Gasteiger partial charge in [-0.05, 0) is 37.2 Å². The molecule has 4 heteroatoms. The van der Waals surface area contributed by atoms with E-state index in [1.165, 1.54) is 4.88 Å². The van der Waals surface area contributed by atoms with Gasteiger partial charge in [-0.25, -0.2) is 4.39 Å². The molecule has 0 fully saturated rings. The van der Waals surface area contributed by atoms with Crippen molar-refractivity contribution in [1.82, 2.24) is 10.2 Å². The molecule has 1 N–H and O–H groups in total. The molecule has 1 heterocycles. The average molecular weight is 308 g/mol. The summed E-state index contributed by atoms with van der Waals surface area (Å²) in [7, 11) is 2.11. The second-order valence-corrected chi connectivity index (χ2v) is 7.12. The second-order valence-electron chi connectivity index (χ2n) is 5.99. The Bertz CT molecular complexity index is 592. The maximum absolute atomic E-state index is 14.3. The fourth-order valence-electron chi connectivity index (χ4n) is 2.72. The summed E-state index contributed by atoms with van der Waals surface area (Å²) in [5, 5.41) is 4.18. The van der Waals surface area contributed by atoms with Gasteiger partial charge < -0.3 is 10.2 Å². The van der Waals surface area contributed by atoms with Crippen LogP contribution in [0.25, 0.3) is 10.1 Å². The van der Waals surface area contributed by atoms with Gasteiger partial charge in [0.05, 0.1) is 0 Å². The summed E-state index contributed by atoms with van der Waals surface area (Å²) in [6, 6.07) is 5.38. The third-order valence-corrected chi connectivity index (χ3v) is 4.68. The van der Waals surface area contributed by atoms with Crippen molar-refractivity contribution >= 4 is 21.4 Å². The van der Waals surface area contributed by atoms with Crippen LogP contribution in [-0.4, -0.2) is 25.0 Å². The van der Waals surface area contributed by atoms with Gasteiger partial charge >= 0.3 is 0 Å². The summed E-state index contributed by atoms with van der Waals surface area (Å²) >= 11 is 1.71. The molecule has 0 aliphatic rings. The Kier molecular flexibility index (Phi) is 5.73. The molecule has 1 aromatic heterocycles. The first-order valence-electron chi connectivity index (χ1n) is 7.61. The van der Waals surface area contributed by atoms with Gasteiger partial charge in [-0.3, -0.25) is 0 Å². The Morgan fingerprint density at radius 3 is 2.76 bits per heavy atom. The van der Waals surface area contributed by atoms with Crippen molar-refractivity contribution in [2.45, 2.75) is 33.9 Å². The highest BCUT2D eigenvalue weighted by Gasteiger charge is 2.17. The molecule has 0 spiro atoms. The first kappa shape index (κ1) is 16.4. The fraction of sp³-hybridized carbons (Fsp3) is 0.529. The van der Waals surface area contributed by atoms with Gasteiger partial charge in [0.25, 0.3) is 0 Å². The molecule has 0 unspecified atom stereocenters. The lowest BCUT2D eigenvalue weighted by atomic mass is 10.1. The van der Waals surface area contributed by atoms with E-state index in [4.69, 9.17) is 0 Å². The van der Waals surface area contributed by atoms with E-state index in [1.807, 2.05) is 6.07 Å². The number of hydrogen-bond acceptors (Lipinski definition) is 3. The van der Waals surface area contributed by atoms with Crippen LogP contribution in [0.1, 0.15) is 31.2 Å². The molecule has 0 aliphatic heterocycles. The molecule has 21 heavy (non-hydrogen) atoms. The minimum atomic E-state index is -0.0977. The van der Waals surface area contributed by atoms with Gasteiger partial charge in [0.1, 0.15) is 5.82 Å². The number of hydrogen-bond donors (Lipinski definition) is 1. The molecule has 0 amide bonds. The van der Waals surface area contributed by atoms with Gasteiger partial charge in [-0.2, -0.15) is 0 Å². The first-order chi connectivity index (χ1) is 10.0. The average Bonchev–Trinajstić information content (AvgIpc) is 2.74. The molecule has 0 bridgehead atoms. The zero-order valence-electron chi connectivity index (χ0n) is 13.4. The molecule has 0 aliphatic carbocycles. The van der Waals surface area contributed by atoms with Gasteiger partial charge in [0, 0.05) is 34.6 Å². The van der Waals surface area contributed by atoms with E-state index >= 15 is 0 Å². The number of nitrogens with one attached hydrogen (secondary N) is 1. The highest BCUT2D eigenvalue weighted by Crippen LogP contribution is 2.34. The minimum absolute atomic E-state index is 0.0977. The number of benzene rings is 1. The predicted octanol–water partition coefficient (Wildman–Crippen LogP) is 4.24.